The summed E-state index contributed by atoms with van der Waals surface area (Å²) in [6, 6.07) is 8.70. The van der Waals surface area contributed by atoms with Gasteiger partial charge in [0.05, 0.1) is 24.4 Å². The van der Waals surface area contributed by atoms with E-state index in [1.165, 1.54) is 22.4 Å². The van der Waals surface area contributed by atoms with Gasteiger partial charge in [-0.15, -0.1) is 24.0 Å². The van der Waals surface area contributed by atoms with Crippen LogP contribution in [-0.4, -0.2) is 33.9 Å². The monoisotopic (exact) mass is 541 g/mol. The van der Waals surface area contributed by atoms with Crippen LogP contribution in [0.15, 0.2) is 29.3 Å². The van der Waals surface area contributed by atoms with E-state index in [0.29, 0.717) is 13.2 Å². The molecule has 1 aromatic carbocycles. The minimum absolute atomic E-state index is 0. The highest BCUT2D eigenvalue weighted by molar-refractivity contribution is 14.0. The largest absolute Gasteiger partial charge is 0.371 e. The standard InChI is InChI=1S/C24H39N5O.HI/c1-9-25-23(27-17(2)13-22-18(3)28-29(8)19(22)4)26-15-20-11-10-12-21(14-20)16-30-24(5,6)7;/h10-12,14,17H,9,13,15-16H2,1-8H3,(H2,25,26,27);1H. The first-order valence-corrected chi connectivity index (χ1v) is 10.8. The molecule has 0 spiro atoms. The molecule has 0 aliphatic heterocycles. The summed E-state index contributed by atoms with van der Waals surface area (Å²) in [6.45, 7) is 16.7. The maximum atomic E-state index is 5.90. The number of ether oxygens (including phenoxy) is 1. The Bertz CT molecular complexity index is 854. The fourth-order valence-electron chi connectivity index (χ4n) is 3.31. The topological polar surface area (TPSA) is 63.5 Å². The van der Waals surface area contributed by atoms with Crippen LogP contribution in [0.1, 0.15) is 62.7 Å². The second-order valence-electron chi connectivity index (χ2n) is 8.94. The molecule has 6 nitrogen and oxygen atoms in total. The Morgan fingerprint density at radius 2 is 1.90 bits per heavy atom. The average Bonchev–Trinajstić information content (AvgIpc) is 2.90. The van der Waals surface area contributed by atoms with Crippen LogP contribution in [0, 0.1) is 13.8 Å². The van der Waals surface area contributed by atoms with Crippen molar-refractivity contribution >= 4 is 29.9 Å². The third-order valence-electron chi connectivity index (χ3n) is 4.98. The zero-order chi connectivity index (χ0) is 22.3. The molecular weight excluding hydrogens is 501 g/mol. The summed E-state index contributed by atoms with van der Waals surface area (Å²) in [7, 11) is 2.00. The quantitative estimate of drug-likeness (QED) is 0.290. The number of aliphatic imine (C=N–C) groups is 1. The summed E-state index contributed by atoms with van der Waals surface area (Å²) in [4.78, 5) is 4.80. The second-order valence-corrected chi connectivity index (χ2v) is 8.94. The van der Waals surface area contributed by atoms with Crippen LogP contribution >= 0.6 is 24.0 Å². The van der Waals surface area contributed by atoms with E-state index in [-0.39, 0.29) is 35.6 Å². The molecule has 0 aliphatic carbocycles. The van der Waals surface area contributed by atoms with Crippen molar-refractivity contribution in [3.8, 4) is 0 Å². The van der Waals surface area contributed by atoms with Gasteiger partial charge in [0.2, 0.25) is 0 Å². The van der Waals surface area contributed by atoms with Gasteiger partial charge < -0.3 is 15.4 Å². The van der Waals surface area contributed by atoms with E-state index in [4.69, 9.17) is 9.73 Å². The third kappa shape index (κ3) is 9.19. The van der Waals surface area contributed by atoms with Crippen LogP contribution in [0.3, 0.4) is 0 Å². The lowest BCUT2D eigenvalue weighted by Crippen LogP contribution is -2.43. The minimum atomic E-state index is -0.141. The molecule has 31 heavy (non-hydrogen) atoms. The van der Waals surface area contributed by atoms with Gasteiger partial charge in [0.1, 0.15) is 0 Å². The van der Waals surface area contributed by atoms with Crippen molar-refractivity contribution in [1.82, 2.24) is 20.4 Å². The van der Waals surface area contributed by atoms with Gasteiger partial charge in [-0.05, 0) is 71.6 Å². The number of aryl methyl sites for hydroxylation is 2. The summed E-state index contributed by atoms with van der Waals surface area (Å²) >= 11 is 0. The number of halogens is 1. The van der Waals surface area contributed by atoms with Crippen molar-refractivity contribution in [2.45, 2.75) is 79.7 Å². The molecule has 2 rings (SSSR count). The lowest BCUT2D eigenvalue weighted by Gasteiger charge is -2.20. The number of aromatic nitrogens is 2. The Balaban J connectivity index is 0.00000480. The molecule has 0 aliphatic rings. The first kappa shape index (κ1) is 27.4. The number of rotatable bonds is 8. The minimum Gasteiger partial charge on any atom is -0.371 e. The number of hydrogen-bond donors (Lipinski definition) is 2. The van der Waals surface area contributed by atoms with Gasteiger partial charge in [-0.3, -0.25) is 4.68 Å². The van der Waals surface area contributed by atoms with Crippen molar-refractivity contribution in [3.63, 3.8) is 0 Å². The van der Waals surface area contributed by atoms with Gasteiger partial charge in [0, 0.05) is 25.3 Å². The first-order valence-electron chi connectivity index (χ1n) is 10.8. The maximum Gasteiger partial charge on any atom is 0.191 e. The maximum absolute atomic E-state index is 5.90. The highest BCUT2D eigenvalue weighted by atomic mass is 127. The van der Waals surface area contributed by atoms with Crippen LogP contribution < -0.4 is 10.6 Å². The Hall–Kier alpha value is -1.61. The summed E-state index contributed by atoms with van der Waals surface area (Å²) in [6.07, 6.45) is 0.912. The van der Waals surface area contributed by atoms with Gasteiger partial charge in [-0.1, -0.05) is 24.3 Å². The molecule has 2 aromatic rings. The molecule has 0 amide bonds. The Morgan fingerprint density at radius 3 is 2.48 bits per heavy atom. The van der Waals surface area contributed by atoms with E-state index in [0.717, 1.165) is 24.6 Å². The zero-order valence-corrected chi connectivity index (χ0v) is 22.7. The van der Waals surface area contributed by atoms with Crippen molar-refractivity contribution < 1.29 is 4.74 Å². The lowest BCUT2D eigenvalue weighted by molar-refractivity contribution is -0.0149. The first-order chi connectivity index (χ1) is 14.1. The fourth-order valence-corrected chi connectivity index (χ4v) is 3.31. The number of nitrogens with one attached hydrogen (secondary N) is 2. The number of nitrogens with zero attached hydrogens (tertiary/aromatic N) is 3. The number of benzene rings is 1. The van der Waals surface area contributed by atoms with Crippen LogP contribution in [0.2, 0.25) is 0 Å². The molecule has 1 atom stereocenters. The molecule has 0 saturated heterocycles. The molecule has 0 saturated carbocycles. The molecule has 7 heteroatoms. The van der Waals surface area contributed by atoms with Crippen molar-refractivity contribution in [1.29, 1.82) is 0 Å². The molecule has 0 fully saturated rings. The smallest absolute Gasteiger partial charge is 0.191 e. The molecule has 0 radical (unpaired) electrons. The molecule has 1 heterocycles. The molecule has 174 valence electrons. The second kappa shape index (κ2) is 12.4. The predicted molar refractivity (Wildman–Crippen MR) is 140 cm³/mol. The van der Waals surface area contributed by atoms with Crippen LogP contribution in [-0.2, 0) is 31.4 Å². The summed E-state index contributed by atoms with van der Waals surface area (Å²) in [5.74, 6) is 0.834. The Kier molecular flexibility index (Phi) is 11.0. The van der Waals surface area contributed by atoms with E-state index in [2.05, 4.69) is 88.5 Å². The van der Waals surface area contributed by atoms with Gasteiger partial charge in [-0.2, -0.15) is 5.10 Å². The highest BCUT2D eigenvalue weighted by Crippen LogP contribution is 2.15. The Morgan fingerprint density at radius 1 is 1.23 bits per heavy atom. The molecular formula is C24H40IN5O. The molecule has 2 N–H and O–H groups in total. The predicted octanol–water partition coefficient (Wildman–Crippen LogP) is 4.66. The van der Waals surface area contributed by atoms with Gasteiger partial charge in [0.15, 0.2) is 5.96 Å². The SMILES string of the molecule is CCNC(=NCc1cccc(COC(C)(C)C)c1)NC(C)Cc1c(C)nn(C)c1C.I. The van der Waals surface area contributed by atoms with Crippen molar-refractivity contribution in [2.24, 2.45) is 12.0 Å². The fraction of sp³-hybridized carbons (Fsp3) is 0.583. The number of guanidine groups is 1. The summed E-state index contributed by atoms with van der Waals surface area (Å²) in [5.41, 5.74) is 5.83. The van der Waals surface area contributed by atoms with Gasteiger partial charge >= 0.3 is 0 Å². The van der Waals surface area contributed by atoms with Crippen LogP contribution in [0.4, 0.5) is 0 Å². The normalized spacial score (nSPS) is 13.0. The van der Waals surface area contributed by atoms with Crippen molar-refractivity contribution in [3.05, 3.63) is 52.3 Å². The summed E-state index contributed by atoms with van der Waals surface area (Å²) < 4.78 is 7.85. The molecule has 1 unspecified atom stereocenters. The van der Waals surface area contributed by atoms with Crippen LogP contribution in [0.5, 0.6) is 0 Å². The van der Waals surface area contributed by atoms with E-state index in [9.17, 15) is 0 Å². The average molecular weight is 542 g/mol. The lowest BCUT2D eigenvalue weighted by atomic mass is 10.1. The Labute approximate surface area is 205 Å². The molecule has 0 bridgehead atoms. The highest BCUT2D eigenvalue weighted by Gasteiger charge is 2.14. The van der Waals surface area contributed by atoms with Crippen molar-refractivity contribution in [2.75, 3.05) is 6.54 Å². The van der Waals surface area contributed by atoms with Gasteiger partial charge in [-0.25, -0.2) is 4.99 Å². The number of hydrogen-bond acceptors (Lipinski definition) is 3. The van der Waals surface area contributed by atoms with E-state index in [1.807, 2.05) is 11.7 Å². The van der Waals surface area contributed by atoms with E-state index in [1.54, 1.807) is 0 Å². The van der Waals surface area contributed by atoms with E-state index < -0.39 is 0 Å². The zero-order valence-electron chi connectivity index (χ0n) is 20.4. The van der Waals surface area contributed by atoms with Crippen LogP contribution in [0.25, 0.3) is 0 Å². The van der Waals surface area contributed by atoms with E-state index >= 15 is 0 Å². The summed E-state index contributed by atoms with van der Waals surface area (Å²) in [5, 5.41) is 11.4. The van der Waals surface area contributed by atoms with Gasteiger partial charge in [0.25, 0.3) is 0 Å². The third-order valence-corrected chi connectivity index (χ3v) is 4.98. The molecule has 1 aromatic heterocycles.